The number of rotatable bonds is 7. The maximum atomic E-state index is 11.6. The van der Waals surface area contributed by atoms with E-state index in [1.165, 1.54) is 0 Å². The van der Waals surface area contributed by atoms with Crippen LogP contribution in [0.25, 0.3) is 0 Å². The fourth-order valence-electron chi connectivity index (χ4n) is 1.99. The summed E-state index contributed by atoms with van der Waals surface area (Å²) in [6.45, 7) is 4.10. The molecule has 0 radical (unpaired) electrons. The van der Waals surface area contributed by atoms with Gasteiger partial charge >= 0.3 is 5.97 Å². The van der Waals surface area contributed by atoms with Gasteiger partial charge in [0, 0.05) is 13.6 Å². The third-order valence-corrected chi connectivity index (χ3v) is 3.05. The molecule has 0 saturated heterocycles. The highest BCUT2D eigenvalue weighted by Crippen LogP contribution is 2.23. The fraction of sp³-hybridized carbons (Fsp3) is 0.533. The van der Waals surface area contributed by atoms with Crippen molar-refractivity contribution in [3.63, 3.8) is 0 Å². The summed E-state index contributed by atoms with van der Waals surface area (Å²) in [5, 5.41) is 0. The molecule has 0 fully saturated rings. The predicted molar refractivity (Wildman–Crippen MR) is 83.3 cm³/mol. The molecule has 5 heteroatoms. The van der Waals surface area contributed by atoms with Crippen molar-refractivity contribution in [2.24, 2.45) is 0 Å². The number of carbonyl (C=O) groups excluding carboxylic acids is 1. The van der Waals surface area contributed by atoms with Crippen LogP contribution in [0, 0.1) is 0 Å². The van der Waals surface area contributed by atoms with Gasteiger partial charge in [0.05, 0.1) is 23.5 Å². The lowest BCUT2D eigenvalue weighted by Crippen LogP contribution is -2.24. The van der Waals surface area contributed by atoms with Crippen molar-refractivity contribution < 1.29 is 9.53 Å². The third-order valence-electron chi connectivity index (χ3n) is 3.05. The largest absolute Gasteiger partial charge is 0.462 e. The van der Waals surface area contributed by atoms with Crippen molar-refractivity contribution in [2.75, 3.05) is 51.5 Å². The van der Waals surface area contributed by atoms with Crippen LogP contribution in [0.5, 0.6) is 0 Å². The molecule has 0 aromatic heterocycles. The molecule has 0 bridgehead atoms. The van der Waals surface area contributed by atoms with Crippen LogP contribution < -0.4 is 10.6 Å². The van der Waals surface area contributed by atoms with Crippen molar-refractivity contribution in [1.29, 1.82) is 0 Å². The Balaban J connectivity index is 2.69. The first-order valence-corrected chi connectivity index (χ1v) is 6.88. The van der Waals surface area contributed by atoms with Gasteiger partial charge in [-0.25, -0.2) is 4.79 Å². The minimum Gasteiger partial charge on any atom is -0.462 e. The van der Waals surface area contributed by atoms with Gasteiger partial charge in [-0.3, -0.25) is 0 Å². The molecule has 1 aromatic carbocycles. The summed E-state index contributed by atoms with van der Waals surface area (Å²) in [4.78, 5) is 15.9. The fourth-order valence-corrected chi connectivity index (χ4v) is 1.99. The maximum Gasteiger partial charge on any atom is 0.338 e. The molecule has 1 rings (SSSR count). The number of hydrogen-bond acceptors (Lipinski definition) is 5. The third kappa shape index (κ3) is 4.74. The Labute approximate surface area is 121 Å². The molecule has 2 N–H and O–H groups in total. The molecule has 0 atom stereocenters. The van der Waals surface area contributed by atoms with E-state index in [0.29, 0.717) is 17.9 Å². The Morgan fingerprint density at radius 1 is 1.25 bits per heavy atom. The van der Waals surface area contributed by atoms with Crippen LogP contribution in [0.15, 0.2) is 18.2 Å². The van der Waals surface area contributed by atoms with Crippen molar-refractivity contribution in [3.8, 4) is 0 Å². The molecule has 0 unspecified atom stereocenters. The highest BCUT2D eigenvalue weighted by Gasteiger charge is 2.11. The molecule has 0 aliphatic rings. The maximum absolute atomic E-state index is 11.6. The number of ether oxygens (including phenoxy) is 1. The van der Waals surface area contributed by atoms with E-state index in [1.54, 1.807) is 19.1 Å². The lowest BCUT2D eigenvalue weighted by atomic mass is 10.1. The number of benzene rings is 1. The van der Waals surface area contributed by atoms with E-state index in [4.69, 9.17) is 10.5 Å². The second-order valence-electron chi connectivity index (χ2n) is 5.07. The summed E-state index contributed by atoms with van der Waals surface area (Å²) >= 11 is 0. The second kappa shape index (κ2) is 7.75. The molecule has 0 aliphatic carbocycles. The van der Waals surface area contributed by atoms with Gasteiger partial charge < -0.3 is 20.3 Å². The summed E-state index contributed by atoms with van der Waals surface area (Å²) in [5.74, 6) is -0.332. The van der Waals surface area contributed by atoms with Crippen molar-refractivity contribution in [3.05, 3.63) is 23.8 Å². The quantitative estimate of drug-likeness (QED) is 0.609. The SMILES string of the molecule is CCOC(=O)c1ccc(N(C)CCCN(C)C)c(N)c1. The van der Waals surface area contributed by atoms with E-state index in [-0.39, 0.29) is 5.97 Å². The van der Waals surface area contributed by atoms with Crippen LogP contribution in [-0.4, -0.2) is 51.7 Å². The molecule has 0 heterocycles. The number of nitrogens with zero attached hydrogens (tertiary/aromatic N) is 2. The Hall–Kier alpha value is -1.75. The number of hydrogen-bond donors (Lipinski definition) is 1. The standard InChI is InChI=1S/C15H25N3O2/c1-5-20-15(19)12-7-8-14(13(16)11-12)18(4)10-6-9-17(2)3/h7-8,11H,5-6,9-10,16H2,1-4H3. The molecule has 0 spiro atoms. The number of nitrogens with two attached hydrogens (primary N) is 1. The number of carbonyl (C=O) groups is 1. The first-order chi connectivity index (χ1) is 9.45. The Morgan fingerprint density at radius 3 is 2.50 bits per heavy atom. The number of nitrogen functional groups attached to an aromatic ring is 1. The Kier molecular flexibility index (Phi) is 6.31. The Morgan fingerprint density at radius 2 is 1.95 bits per heavy atom. The van der Waals surface area contributed by atoms with Crippen molar-refractivity contribution in [1.82, 2.24) is 4.90 Å². The molecule has 0 saturated carbocycles. The van der Waals surface area contributed by atoms with Crippen LogP contribution in [0.4, 0.5) is 11.4 Å². The topological polar surface area (TPSA) is 58.8 Å². The van der Waals surface area contributed by atoms with Gasteiger partial charge in [0.15, 0.2) is 0 Å². The average Bonchev–Trinajstić information content (AvgIpc) is 2.38. The number of anilines is 2. The van der Waals surface area contributed by atoms with E-state index in [2.05, 4.69) is 23.9 Å². The molecule has 0 aliphatic heterocycles. The van der Waals surface area contributed by atoms with Gasteiger partial charge in [-0.15, -0.1) is 0 Å². The van der Waals surface area contributed by atoms with Gasteiger partial charge in [0.2, 0.25) is 0 Å². The van der Waals surface area contributed by atoms with Crippen molar-refractivity contribution in [2.45, 2.75) is 13.3 Å². The summed E-state index contributed by atoms with van der Waals surface area (Å²) in [6.07, 6.45) is 1.06. The smallest absolute Gasteiger partial charge is 0.338 e. The van der Waals surface area contributed by atoms with Gasteiger partial charge in [0.1, 0.15) is 0 Å². The zero-order valence-electron chi connectivity index (χ0n) is 12.8. The van der Waals surface area contributed by atoms with Gasteiger partial charge in [-0.1, -0.05) is 0 Å². The Bertz CT molecular complexity index is 447. The summed E-state index contributed by atoms with van der Waals surface area (Å²) in [6, 6.07) is 5.30. The first-order valence-electron chi connectivity index (χ1n) is 6.88. The predicted octanol–water partition coefficient (Wildman–Crippen LogP) is 1.83. The molecule has 20 heavy (non-hydrogen) atoms. The molecule has 5 nitrogen and oxygen atoms in total. The number of esters is 1. The van der Waals surface area contributed by atoms with Crippen LogP contribution in [0.3, 0.4) is 0 Å². The minimum atomic E-state index is -0.332. The summed E-state index contributed by atoms with van der Waals surface area (Å²) in [5.41, 5.74) is 8.06. The summed E-state index contributed by atoms with van der Waals surface area (Å²) < 4.78 is 4.96. The van der Waals surface area contributed by atoms with E-state index in [1.807, 2.05) is 13.1 Å². The zero-order valence-corrected chi connectivity index (χ0v) is 12.8. The highest BCUT2D eigenvalue weighted by molar-refractivity contribution is 5.92. The van der Waals surface area contributed by atoms with Crippen LogP contribution in [-0.2, 0) is 4.74 Å². The summed E-state index contributed by atoms with van der Waals surface area (Å²) in [7, 11) is 6.12. The van der Waals surface area contributed by atoms with E-state index < -0.39 is 0 Å². The van der Waals surface area contributed by atoms with Crippen LogP contribution in [0.1, 0.15) is 23.7 Å². The van der Waals surface area contributed by atoms with E-state index >= 15 is 0 Å². The molecule has 1 aromatic rings. The molecular weight excluding hydrogens is 254 g/mol. The normalized spacial score (nSPS) is 10.7. The lowest BCUT2D eigenvalue weighted by Gasteiger charge is -2.22. The molecular formula is C15H25N3O2. The molecule has 112 valence electrons. The van der Waals surface area contributed by atoms with Crippen LogP contribution in [0.2, 0.25) is 0 Å². The average molecular weight is 279 g/mol. The monoisotopic (exact) mass is 279 g/mol. The first kappa shape index (κ1) is 16.3. The van der Waals surface area contributed by atoms with Crippen molar-refractivity contribution >= 4 is 17.3 Å². The van der Waals surface area contributed by atoms with E-state index in [9.17, 15) is 4.79 Å². The van der Waals surface area contributed by atoms with Gasteiger partial charge in [-0.2, -0.15) is 0 Å². The second-order valence-corrected chi connectivity index (χ2v) is 5.07. The highest BCUT2D eigenvalue weighted by atomic mass is 16.5. The molecule has 0 amide bonds. The van der Waals surface area contributed by atoms with Gasteiger partial charge in [-0.05, 0) is 52.2 Å². The zero-order chi connectivity index (χ0) is 15.1. The lowest BCUT2D eigenvalue weighted by molar-refractivity contribution is 0.0526. The minimum absolute atomic E-state index is 0.332. The van der Waals surface area contributed by atoms with Crippen LogP contribution >= 0.6 is 0 Å². The van der Waals surface area contributed by atoms with E-state index in [0.717, 1.165) is 25.2 Å². The van der Waals surface area contributed by atoms with Gasteiger partial charge in [0.25, 0.3) is 0 Å².